The van der Waals surface area contributed by atoms with Gasteiger partial charge in [0.05, 0.1) is 0 Å². The molecule has 1 aliphatic rings. The number of fused-ring (bicyclic) bond motifs is 1. The van der Waals surface area contributed by atoms with E-state index in [2.05, 4.69) is 40.9 Å². The molecule has 5 rings (SSSR count). The number of para-hydroxylation sites is 1. The first kappa shape index (κ1) is 22.9. The van der Waals surface area contributed by atoms with E-state index in [4.69, 9.17) is 16.1 Å². The number of hydrogen-bond acceptors (Lipinski definition) is 4. The van der Waals surface area contributed by atoms with Gasteiger partial charge in [-0.3, -0.25) is 0 Å². The summed E-state index contributed by atoms with van der Waals surface area (Å²) in [5, 5.41) is 5.73. The molecular formula is C26H26ClN3O3S. The molecule has 0 spiro atoms. The van der Waals surface area contributed by atoms with Crippen molar-refractivity contribution in [2.45, 2.75) is 38.6 Å². The molecule has 4 aromatic rings. The highest BCUT2D eigenvalue weighted by atomic mass is 35.5. The van der Waals surface area contributed by atoms with Gasteiger partial charge in [0.1, 0.15) is 10.6 Å². The van der Waals surface area contributed by atoms with Crippen LogP contribution in [0, 0.1) is 20.8 Å². The van der Waals surface area contributed by atoms with Crippen LogP contribution in [0.1, 0.15) is 34.7 Å². The zero-order chi connectivity index (χ0) is 24.0. The first-order chi connectivity index (χ1) is 16.3. The lowest BCUT2D eigenvalue weighted by molar-refractivity contribution is 0.389. The molecular weight excluding hydrogens is 470 g/mol. The number of benzene rings is 2. The predicted octanol–water partition coefficient (Wildman–Crippen LogP) is 5.73. The molecule has 0 fully saturated rings. The minimum atomic E-state index is -3.66. The third-order valence-electron chi connectivity index (χ3n) is 6.54. The number of sulfonamides is 1. The molecule has 0 unspecified atom stereocenters. The Labute approximate surface area is 204 Å². The van der Waals surface area contributed by atoms with Crippen LogP contribution in [0.15, 0.2) is 64.0 Å². The summed E-state index contributed by atoms with van der Waals surface area (Å²) in [6, 6.07) is 16.3. The van der Waals surface area contributed by atoms with Crippen molar-refractivity contribution in [3.63, 3.8) is 0 Å². The van der Waals surface area contributed by atoms with Crippen LogP contribution in [0.4, 0.5) is 0 Å². The van der Waals surface area contributed by atoms with Crippen molar-refractivity contribution < 1.29 is 12.9 Å². The van der Waals surface area contributed by atoms with E-state index < -0.39 is 10.0 Å². The zero-order valence-corrected chi connectivity index (χ0v) is 20.9. The molecule has 0 amide bonds. The minimum Gasteiger partial charge on any atom is -0.360 e. The molecule has 0 aliphatic carbocycles. The van der Waals surface area contributed by atoms with E-state index in [9.17, 15) is 8.42 Å². The smallest absolute Gasteiger partial charge is 0.248 e. The molecule has 1 aliphatic heterocycles. The fourth-order valence-electron chi connectivity index (χ4n) is 4.88. The van der Waals surface area contributed by atoms with Crippen molar-refractivity contribution in [1.29, 1.82) is 0 Å². The first-order valence-corrected chi connectivity index (χ1v) is 13.0. The average Bonchev–Trinajstić information content (AvgIpc) is 3.31. The minimum absolute atomic E-state index is 0.181. The van der Waals surface area contributed by atoms with E-state index in [1.807, 2.05) is 30.3 Å². The van der Waals surface area contributed by atoms with E-state index in [0.29, 0.717) is 31.0 Å². The second-order valence-corrected chi connectivity index (χ2v) is 11.0. The second-order valence-electron chi connectivity index (χ2n) is 8.69. The highest BCUT2D eigenvalue weighted by Crippen LogP contribution is 2.36. The Kier molecular flexibility index (Phi) is 5.88. The SMILES string of the molecule is Cc1noc(C)c1S(=O)(=O)N1CC=C(c2c(C)n(Cc3ccc(Cl)cc3)c3ccccc23)CC1. The average molecular weight is 496 g/mol. The summed E-state index contributed by atoms with van der Waals surface area (Å²) in [4.78, 5) is 0.181. The van der Waals surface area contributed by atoms with Gasteiger partial charge in [-0.1, -0.05) is 53.2 Å². The van der Waals surface area contributed by atoms with Gasteiger partial charge in [0.2, 0.25) is 10.0 Å². The number of hydrogen-bond donors (Lipinski definition) is 0. The van der Waals surface area contributed by atoms with Crippen molar-refractivity contribution >= 4 is 38.1 Å². The number of rotatable bonds is 5. The Hall–Kier alpha value is -2.87. The van der Waals surface area contributed by atoms with Crippen molar-refractivity contribution in [1.82, 2.24) is 14.0 Å². The summed E-state index contributed by atoms with van der Waals surface area (Å²) in [5.74, 6) is 0.327. The summed E-state index contributed by atoms with van der Waals surface area (Å²) in [6.45, 7) is 6.90. The Morgan fingerprint density at radius 3 is 2.44 bits per heavy atom. The first-order valence-electron chi connectivity index (χ1n) is 11.2. The van der Waals surface area contributed by atoms with Gasteiger partial charge in [-0.2, -0.15) is 4.31 Å². The Bertz CT molecular complexity index is 1500. The van der Waals surface area contributed by atoms with Gasteiger partial charge in [-0.05, 0) is 56.5 Å². The number of aryl methyl sites for hydroxylation is 2. The molecule has 6 nitrogen and oxygen atoms in total. The van der Waals surface area contributed by atoms with Gasteiger partial charge in [0, 0.05) is 46.8 Å². The lowest BCUT2D eigenvalue weighted by atomic mass is 9.97. The highest BCUT2D eigenvalue weighted by Gasteiger charge is 2.32. The number of aromatic nitrogens is 2. The molecule has 2 aromatic carbocycles. The quantitative estimate of drug-likeness (QED) is 0.354. The van der Waals surface area contributed by atoms with E-state index in [1.165, 1.54) is 32.1 Å². The third kappa shape index (κ3) is 3.87. The third-order valence-corrected chi connectivity index (χ3v) is 8.91. The van der Waals surface area contributed by atoms with Crippen molar-refractivity contribution in [3.05, 3.63) is 87.9 Å². The summed E-state index contributed by atoms with van der Waals surface area (Å²) >= 11 is 6.07. The summed E-state index contributed by atoms with van der Waals surface area (Å²) in [5.41, 5.74) is 6.27. The van der Waals surface area contributed by atoms with Crippen LogP contribution < -0.4 is 0 Å². The molecule has 2 aromatic heterocycles. The Balaban J connectivity index is 1.50. The van der Waals surface area contributed by atoms with Gasteiger partial charge in [0.25, 0.3) is 0 Å². The van der Waals surface area contributed by atoms with Crippen LogP contribution in [0.2, 0.25) is 5.02 Å². The van der Waals surface area contributed by atoms with E-state index >= 15 is 0 Å². The molecule has 3 heterocycles. The molecule has 176 valence electrons. The molecule has 0 atom stereocenters. The Morgan fingerprint density at radius 2 is 1.79 bits per heavy atom. The van der Waals surface area contributed by atoms with Crippen LogP contribution in [-0.4, -0.2) is 35.5 Å². The van der Waals surface area contributed by atoms with E-state index in [1.54, 1.807) is 13.8 Å². The molecule has 34 heavy (non-hydrogen) atoms. The largest absolute Gasteiger partial charge is 0.360 e. The summed E-state index contributed by atoms with van der Waals surface area (Å²) in [6.07, 6.45) is 2.68. The van der Waals surface area contributed by atoms with Crippen LogP contribution in [0.5, 0.6) is 0 Å². The highest BCUT2D eigenvalue weighted by molar-refractivity contribution is 7.89. The van der Waals surface area contributed by atoms with Gasteiger partial charge < -0.3 is 9.09 Å². The molecule has 0 saturated heterocycles. The molecule has 0 N–H and O–H groups in total. The van der Waals surface area contributed by atoms with Gasteiger partial charge in [0.15, 0.2) is 5.76 Å². The molecule has 0 saturated carbocycles. The van der Waals surface area contributed by atoms with Crippen molar-refractivity contribution in [2.75, 3.05) is 13.1 Å². The number of nitrogens with zero attached hydrogens (tertiary/aromatic N) is 3. The summed E-state index contributed by atoms with van der Waals surface area (Å²) in [7, 11) is -3.66. The summed E-state index contributed by atoms with van der Waals surface area (Å²) < 4.78 is 35.4. The predicted molar refractivity (Wildman–Crippen MR) is 135 cm³/mol. The molecule has 8 heteroatoms. The number of halogens is 1. The lowest BCUT2D eigenvalue weighted by Gasteiger charge is -2.26. The van der Waals surface area contributed by atoms with Gasteiger partial charge in [-0.25, -0.2) is 8.42 Å². The van der Waals surface area contributed by atoms with Gasteiger partial charge in [-0.15, -0.1) is 0 Å². The van der Waals surface area contributed by atoms with Crippen molar-refractivity contribution in [3.8, 4) is 0 Å². The fraction of sp³-hybridized carbons (Fsp3) is 0.269. The maximum Gasteiger partial charge on any atom is 0.248 e. The van der Waals surface area contributed by atoms with E-state index in [0.717, 1.165) is 17.1 Å². The maximum atomic E-state index is 13.2. The normalized spacial score (nSPS) is 15.1. The monoisotopic (exact) mass is 495 g/mol. The molecule has 0 bridgehead atoms. The zero-order valence-electron chi connectivity index (χ0n) is 19.4. The standard InChI is InChI=1S/C26H26ClN3O3S/c1-17-26(19(3)33-28-17)34(31,32)29-14-12-21(13-15-29)25-18(2)30(24-7-5-4-6-23(24)25)16-20-8-10-22(27)11-9-20/h4-12H,13-16H2,1-3H3. The Morgan fingerprint density at radius 1 is 1.06 bits per heavy atom. The van der Waals surface area contributed by atoms with Gasteiger partial charge >= 0.3 is 0 Å². The second kappa shape index (κ2) is 8.73. The molecule has 0 radical (unpaired) electrons. The fourth-order valence-corrected chi connectivity index (χ4v) is 6.68. The van der Waals surface area contributed by atoms with Crippen LogP contribution in [-0.2, 0) is 16.6 Å². The topological polar surface area (TPSA) is 68.3 Å². The van der Waals surface area contributed by atoms with Crippen LogP contribution in [0.25, 0.3) is 16.5 Å². The lowest BCUT2D eigenvalue weighted by Crippen LogP contribution is -2.35. The van der Waals surface area contributed by atoms with Crippen LogP contribution >= 0.6 is 11.6 Å². The van der Waals surface area contributed by atoms with Crippen molar-refractivity contribution in [2.24, 2.45) is 0 Å². The van der Waals surface area contributed by atoms with Crippen LogP contribution in [0.3, 0.4) is 0 Å². The maximum absolute atomic E-state index is 13.2. The van der Waals surface area contributed by atoms with E-state index in [-0.39, 0.29) is 4.90 Å².